The maximum absolute atomic E-state index is 5.80. The Labute approximate surface area is 97.5 Å². The van der Waals surface area contributed by atoms with Crippen molar-refractivity contribution in [2.45, 2.75) is 6.04 Å². The Kier molecular flexibility index (Phi) is 3.80. The summed E-state index contributed by atoms with van der Waals surface area (Å²) in [6.45, 7) is 3.93. The van der Waals surface area contributed by atoms with Crippen molar-refractivity contribution in [3.05, 3.63) is 22.6 Å². The van der Waals surface area contributed by atoms with E-state index in [-0.39, 0.29) is 6.04 Å². The third-order valence-electron chi connectivity index (χ3n) is 2.66. The molecular weight excluding hydrogens is 260 g/mol. The van der Waals surface area contributed by atoms with Crippen molar-refractivity contribution in [2.24, 2.45) is 5.73 Å². The number of hydrogen-bond donors (Lipinski definition) is 1. The van der Waals surface area contributed by atoms with E-state index in [9.17, 15) is 0 Å². The molecule has 2 heterocycles. The Hall–Kier alpha value is -0.360. The predicted octanol–water partition coefficient (Wildman–Crippen LogP) is 1.37. The summed E-state index contributed by atoms with van der Waals surface area (Å²) >= 11 is 3.47. The zero-order valence-corrected chi connectivity index (χ0v) is 10.1. The summed E-state index contributed by atoms with van der Waals surface area (Å²) in [6.07, 6.45) is 1.68. The van der Waals surface area contributed by atoms with E-state index < -0.39 is 0 Å². The van der Waals surface area contributed by atoms with Crippen LogP contribution < -0.4 is 5.73 Å². The monoisotopic (exact) mass is 274 g/mol. The number of nitrogens with zero attached hydrogens (tertiary/aromatic N) is 1. The van der Waals surface area contributed by atoms with Crippen molar-refractivity contribution in [2.75, 3.05) is 32.8 Å². The second-order valence-corrected chi connectivity index (χ2v) is 4.39. The van der Waals surface area contributed by atoms with Gasteiger partial charge in [0.05, 0.1) is 30.0 Å². The van der Waals surface area contributed by atoms with Gasteiger partial charge in [0, 0.05) is 19.6 Å². The Balaban J connectivity index is 2.12. The molecule has 4 nitrogen and oxygen atoms in total. The molecule has 1 aromatic rings. The van der Waals surface area contributed by atoms with Gasteiger partial charge in [0.1, 0.15) is 5.76 Å². The van der Waals surface area contributed by atoms with Gasteiger partial charge >= 0.3 is 0 Å². The van der Waals surface area contributed by atoms with E-state index in [1.165, 1.54) is 0 Å². The molecule has 1 aliphatic heterocycles. The highest BCUT2D eigenvalue weighted by molar-refractivity contribution is 9.10. The standard InChI is InChI=1S/C10H15BrN2O2/c11-8-1-4-15-10(8)9(7-12)13-2-5-14-6-3-13/h1,4,9H,2-3,5-7,12H2. The molecule has 1 unspecified atom stereocenters. The van der Waals surface area contributed by atoms with Crippen molar-refractivity contribution >= 4 is 15.9 Å². The highest BCUT2D eigenvalue weighted by atomic mass is 79.9. The third kappa shape index (κ3) is 2.42. The van der Waals surface area contributed by atoms with Gasteiger partial charge in [0.15, 0.2) is 0 Å². The largest absolute Gasteiger partial charge is 0.466 e. The van der Waals surface area contributed by atoms with Gasteiger partial charge in [-0.15, -0.1) is 0 Å². The van der Waals surface area contributed by atoms with E-state index in [0.29, 0.717) is 6.54 Å². The van der Waals surface area contributed by atoms with Crippen LogP contribution in [0, 0.1) is 0 Å². The first-order chi connectivity index (χ1) is 7.33. The first-order valence-corrected chi connectivity index (χ1v) is 5.87. The minimum Gasteiger partial charge on any atom is -0.466 e. The molecule has 0 aliphatic carbocycles. The molecule has 1 saturated heterocycles. The van der Waals surface area contributed by atoms with Gasteiger partial charge in [-0.1, -0.05) is 0 Å². The molecule has 5 heteroatoms. The maximum Gasteiger partial charge on any atom is 0.136 e. The number of halogens is 1. The summed E-state index contributed by atoms with van der Waals surface area (Å²) in [4.78, 5) is 2.30. The Morgan fingerprint density at radius 1 is 1.47 bits per heavy atom. The van der Waals surface area contributed by atoms with Crippen molar-refractivity contribution in [1.82, 2.24) is 4.90 Å². The van der Waals surface area contributed by atoms with E-state index in [4.69, 9.17) is 14.9 Å². The van der Waals surface area contributed by atoms with Crippen LogP contribution in [0.5, 0.6) is 0 Å². The Morgan fingerprint density at radius 3 is 2.73 bits per heavy atom. The first kappa shape index (κ1) is 11.1. The minimum atomic E-state index is 0.151. The number of hydrogen-bond acceptors (Lipinski definition) is 4. The van der Waals surface area contributed by atoms with E-state index in [1.54, 1.807) is 6.26 Å². The predicted molar refractivity (Wildman–Crippen MR) is 60.6 cm³/mol. The summed E-state index contributed by atoms with van der Waals surface area (Å²) in [7, 11) is 0. The van der Waals surface area contributed by atoms with Gasteiger partial charge in [0.25, 0.3) is 0 Å². The van der Waals surface area contributed by atoms with E-state index >= 15 is 0 Å². The number of nitrogens with two attached hydrogens (primary N) is 1. The van der Waals surface area contributed by atoms with E-state index in [1.807, 2.05) is 6.07 Å². The average molecular weight is 275 g/mol. The van der Waals surface area contributed by atoms with Gasteiger partial charge < -0.3 is 14.9 Å². The van der Waals surface area contributed by atoms with E-state index in [2.05, 4.69) is 20.8 Å². The van der Waals surface area contributed by atoms with Crippen LogP contribution in [-0.4, -0.2) is 37.7 Å². The van der Waals surface area contributed by atoms with Crippen LogP contribution in [0.3, 0.4) is 0 Å². The lowest BCUT2D eigenvalue weighted by atomic mass is 10.2. The fourth-order valence-electron chi connectivity index (χ4n) is 1.85. The zero-order valence-electron chi connectivity index (χ0n) is 8.49. The quantitative estimate of drug-likeness (QED) is 0.905. The molecule has 15 heavy (non-hydrogen) atoms. The molecular formula is C10H15BrN2O2. The second-order valence-electron chi connectivity index (χ2n) is 3.53. The normalized spacial score (nSPS) is 20.4. The highest BCUT2D eigenvalue weighted by Crippen LogP contribution is 2.28. The molecule has 0 aromatic carbocycles. The van der Waals surface area contributed by atoms with Gasteiger partial charge in [-0.05, 0) is 22.0 Å². The van der Waals surface area contributed by atoms with Crippen LogP contribution in [0.2, 0.25) is 0 Å². The summed E-state index contributed by atoms with van der Waals surface area (Å²) in [5.74, 6) is 0.916. The fraction of sp³-hybridized carbons (Fsp3) is 0.600. The summed E-state index contributed by atoms with van der Waals surface area (Å²) in [5, 5.41) is 0. The lowest BCUT2D eigenvalue weighted by Crippen LogP contribution is -2.41. The number of rotatable bonds is 3. The number of morpholine rings is 1. The molecule has 1 fully saturated rings. The van der Waals surface area contributed by atoms with Crippen LogP contribution >= 0.6 is 15.9 Å². The van der Waals surface area contributed by atoms with Crippen molar-refractivity contribution in [1.29, 1.82) is 0 Å². The smallest absolute Gasteiger partial charge is 0.136 e. The molecule has 0 saturated carbocycles. The molecule has 2 N–H and O–H groups in total. The molecule has 1 aliphatic rings. The summed E-state index contributed by atoms with van der Waals surface area (Å²) in [5.41, 5.74) is 5.80. The summed E-state index contributed by atoms with van der Waals surface area (Å²) in [6, 6.07) is 2.05. The lowest BCUT2D eigenvalue weighted by Gasteiger charge is -2.32. The second kappa shape index (κ2) is 5.12. The minimum absolute atomic E-state index is 0.151. The fourth-order valence-corrected chi connectivity index (χ4v) is 2.32. The topological polar surface area (TPSA) is 51.6 Å². The molecule has 0 bridgehead atoms. The van der Waals surface area contributed by atoms with E-state index in [0.717, 1.165) is 36.5 Å². The molecule has 0 amide bonds. The van der Waals surface area contributed by atoms with Crippen LogP contribution in [0.1, 0.15) is 11.8 Å². The zero-order chi connectivity index (χ0) is 10.7. The molecule has 84 valence electrons. The third-order valence-corrected chi connectivity index (χ3v) is 3.31. The van der Waals surface area contributed by atoms with Crippen LogP contribution in [0.15, 0.2) is 21.2 Å². The van der Waals surface area contributed by atoms with Crippen LogP contribution in [0.25, 0.3) is 0 Å². The van der Waals surface area contributed by atoms with Crippen molar-refractivity contribution < 1.29 is 9.15 Å². The molecule has 0 spiro atoms. The Morgan fingerprint density at radius 2 is 2.20 bits per heavy atom. The van der Waals surface area contributed by atoms with Gasteiger partial charge in [0.2, 0.25) is 0 Å². The molecule has 0 radical (unpaired) electrons. The maximum atomic E-state index is 5.80. The van der Waals surface area contributed by atoms with Crippen LogP contribution in [-0.2, 0) is 4.74 Å². The molecule has 2 rings (SSSR count). The molecule has 1 aromatic heterocycles. The van der Waals surface area contributed by atoms with Gasteiger partial charge in [-0.2, -0.15) is 0 Å². The average Bonchev–Trinajstić information content (AvgIpc) is 2.68. The SMILES string of the molecule is NCC(c1occc1Br)N1CCOCC1. The first-order valence-electron chi connectivity index (χ1n) is 5.07. The van der Waals surface area contributed by atoms with Gasteiger partial charge in [-0.3, -0.25) is 4.90 Å². The lowest BCUT2D eigenvalue weighted by molar-refractivity contribution is 0.0134. The van der Waals surface area contributed by atoms with Crippen LogP contribution in [0.4, 0.5) is 0 Å². The van der Waals surface area contributed by atoms with Crippen molar-refractivity contribution in [3.8, 4) is 0 Å². The van der Waals surface area contributed by atoms with Gasteiger partial charge in [-0.25, -0.2) is 0 Å². The number of ether oxygens (including phenoxy) is 1. The van der Waals surface area contributed by atoms with Crippen molar-refractivity contribution in [3.63, 3.8) is 0 Å². The Bertz CT molecular complexity index is 310. The highest BCUT2D eigenvalue weighted by Gasteiger charge is 2.25. The number of furan rings is 1. The summed E-state index contributed by atoms with van der Waals surface area (Å²) < 4.78 is 11.8. The molecule has 1 atom stereocenters.